The maximum absolute atomic E-state index is 13.1. The zero-order valence-electron chi connectivity index (χ0n) is 19.2. The first-order chi connectivity index (χ1) is 17.8. The molecule has 5 N–H and O–H groups in total. The molecule has 7 nitrogen and oxygen atoms in total. The third-order valence-corrected chi connectivity index (χ3v) is 6.83. The van der Waals surface area contributed by atoms with E-state index in [9.17, 15) is 14.7 Å². The van der Waals surface area contributed by atoms with Crippen molar-refractivity contribution in [1.82, 2.24) is 0 Å². The number of carboxylic acid groups (broad SMARTS) is 1. The summed E-state index contributed by atoms with van der Waals surface area (Å²) in [5.74, 6) is -1.51. The summed E-state index contributed by atoms with van der Waals surface area (Å²) in [6.45, 7) is 0. The number of halogens is 2. The van der Waals surface area contributed by atoms with Crippen molar-refractivity contribution in [3.8, 4) is 11.5 Å². The molecule has 2 unspecified atom stereocenters. The van der Waals surface area contributed by atoms with Crippen LogP contribution >= 0.6 is 23.2 Å². The summed E-state index contributed by atoms with van der Waals surface area (Å²) in [6.07, 6.45) is 0. The van der Waals surface area contributed by atoms with Gasteiger partial charge in [-0.15, -0.1) is 0 Å². The first kappa shape index (κ1) is 24.5. The van der Waals surface area contributed by atoms with Gasteiger partial charge in [0.05, 0.1) is 16.9 Å². The van der Waals surface area contributed by atoms with Crippen LogP contribution in [0.1, 0.15) is 27.4 Å². The van der Waals surface area contributed by atoms with Crippen LogP contribution in [0.3, 0.4) is 0 Å². The van der Waals surface area contributed by atoms with Crippen LogP contribution in [-0.2, 0) is 10.5 Å². The van der Waals surface area contributed by atoms with Crippen LogP contribution in [0, 0.1) is 0 Å². The van der Waals surface area contributed by atoms with E-state index in [1.807, 2.05) is 30.3 Å². The third kappa shape index (κ3) is 4.55. The highest BCUT2D eigenvalue weighted by atomic mass is 35.5. The molecule has 0 radical (unpaired) electrons. The van der Waals surface area contributed by atoms with Crippen LogP contribution in [-0.4, -0.2) is 17.0 Å². The molecular weight excluding hydrogens is 513 g/mol. The maximum atomic E-state index is 13.1. The van der Waals surface area contributed by atoms with Crippen molar-refractivity contribution >= 4 is 46.5 Å². The van der Waals surface area contributed by atoms with E-state index in [2.05, 4.69) is 10.6 Å². The highest BCUT2D eigenvalue weighted by Crippen LogP contribution is 2.51. The smallest absolute Gasteiger partial charge is 0.335 e. The first-order valence-corrected chi connectivity index (χ1v) is 12.0. The Morgan fingerprint density at radius 3 is 2.05 bits per heavy atom. The summed E-state index contributed by atoms with van der Waals surface area (Å²) < 4.78 is 5.89. The summed E-state index contributed by atoms with van der Waals surface area (Å²) in [5.41, 5.74) is 6.67. The molecule has 0 saturated heterocycles. The molecule has 1 heterocycles. The standard InChI is InChI=1S/C28H21Cl2N3O4/c29-20-7-4-8-21(30)25(20)28(32-22-14-11-17(27(35)36)15-23(22)33-28)24(26(31)34)16-9-12-19(13-10-16)37-18-5-2-1-3-6-18/h1-15,24,32-33H,(H2,31,34)(H,35,36). The van der Waals surface area contributed by atoms with Gasteiger partial charge in [0, 0.05) is 15.6 Å². The Morgan fingerprint density at radius 2 is 1.43 bits per heavy atom. The molecule has 4 aromatic rings. The van der Waals surface area contributed by atoms with Gasteiger partial charge < -0.3 is 26.2 Å². The molecule has 1 amide bonds. The van der Waals surface area contributed by atoms with Crippen molar-refractivity contribution in [2.24, 2.45) is 5.73 Å². The number of carboxylic acids is 1. The molecule has 0 aliphatic carbocycles. The number of aromatic carboxylic acids is 1. The average molecular weight is 534 g/mol. The average Bonchev–Trinajstić information content (AvgIpc) is 3.24. The van der Waals surface area contributed by atoms with E-state index in [0.29, 0.717) is 44.0 Å². The fourth-order valence-electron chi connectivity index (χ4n) is 4.61. The Bertz CT molecular complexity index is 1480. The van der Waals surface area contributed by atoms with E-state index in [0.717, 1.165) is 0 Å². The van der Waals surface area contributed by atoms with Gasteiger partial charge in [0.15, 0.2) is 5.66 Å². The lowest BCUT2D eigenvalue weighted by atomic mass is 9.80. The van der Waals surface area contributed by atoms with Gasteiger partial charge in [-0.25, -0.2) is 4.79 Å². The van der Waals surface area contributed by atoms with Crippen LogP contribution in [0.15, 0.2) is 91.0 Å². The Kier molecular flexibility index (Phi) is 6.41. The molecule has 5 rings (SSSR count). The molecule has 0 aromatic heterocycles. The number of hydrogen-bond donors (Lipinski definition) is 4. The molecule has 186 valence electrons. The van der Waals surface area contributed by atoms with Crippen molar-refractivity contribution in [2.75, 3.05) is 10.6 Å². The second-order valence-electron chi connectivity index (χ2n) is 8.54. The van der Waals surface area contributed by atoms with Gasteiger partial charge in [-0.3, -0.25) is 4.79 Å². The van der Waals surface area contributed by atoms with Crippen LogP contribution in [0.5, 0.6) is 11.5 Å². The molecule has 9 heteroatoms. The van der Waals surface area contributed by atoms with Gasteiger partial charge in [0.2, 0.25) is 5.91 Å². The van der Waals surface area contributed by atoms with Crippen LogP contribution < -0.4 is 21.1 Å². The molecule has 0 bridgehead atoms. The van der Waals surface area contributed by atoms with Crippen molar-refractivity contribution in [2.45, 2.75) is 11.6 Å². The lowest BCUT2D eigenvalue weighted by molar-refractivity contribution is -0.120. The van der Waals surface area contributed by atoms with Gasteiger partial charge in [-0.05, 0) is 60.2 Å². The van der Waals surface area contributed by atoms with Crippen molar-refractivity contribution in [3.63, 3.8) is 0 Å². The van der Waals surface area contributed by atoms with E-state index >= 15 is 0 Å². The number of hydrogen-bond acceptors (Lipinski definition) is 5. The van der Waals surface area contributed by atoms with Gasteiger partial charge in [0.25, 0.3) is 0 Å². The number of amides is 1. The molecule has 0 fully saturated rings. The van der Waals surface area contributed by atoms with E-state index in [1.54, 1.807) is 48.5 Å². The summed E-state index contributed by atoms with van der Waals surface area (Å²) in [4.78, 5) is 24.7. The molecule has 1 aliphatic heterocycles. The predicted octanol–water partition coefficient (Wildman–Crippen LogP) is 6.44. The number of nitrogens with one attached hydrogen (secondary N) is 2. The molecular formula is C28H21Cl2N3O4. The summed E-state index contributed by atoms with van der Waals surface area (Å²) in [7, 11) is 0. The molecule has 0 saturated carbocycles. The molecule has 0 spiro atoms. The van der Waals surface area contributed by atoms with Crippen molar-refractivity contribution in [1.29, 1.82) is 0 Å². The number of primary amides is 1. The minimum atomic E-state index is -1.41. The number of rotatable bonds is 7. The Morgan fingerprint density at radius 1 is 0.811 bits per heavy atom. The van der Waals surface area contributed by atoms with Crippen molar-refractivity contribution in [3.05, 3.63) is 118 Å². The largest absolute Gasteiger partial charge is 0.478 e. The van der Waals surface area contributed by atoms with Gasteiger partial charge in [-0.1, -0.05) is 59.6 Å². The highest BCUT2D eigenvalue weighted by molar-refractivity contribution is 6.36. The molecule has 4 aromatic carbocycles. The number of nitrogens with two attached hydrogens (primary N) is 1. The zero-order chi connectivity index (χ0) is 26.2. The number of ether oxygens (including phenoxy) is 1. The van der Waals surface area contributed by atoms with Crippen LogP contribution in [0.2, 0.25) is 10.0 Å². The Balaban J connectivity index is 1.62. The highest BCUT2D eigenvalue weighted by Gasteiger charge is 2.51. The first-order valence-electron chi connectivity index (χ1n) is 11.3. The van der Waals surface area contributed by atoms with Crippen molar-refractivity contribution < 1.29 is 19.4 Å². The summed E-state index contributed by atoms with van der Waals surface area (Å²) in [5, 5.41) is 16.7. The zero-order valence-corrected chi connectivity index (χ0v) is 20.8. The number of carbonyl (C=O) groups is 2. The monoisotopic (exact) mass is 533 g/mol. The summed E-state index contributed by atoms with van der Waals surface area (Å²) >= 11 is 13.3. The van der Waals surface area contributed by atoms with Crippen LogP contribution in [0.25, 0.3) is 0 Å². The maximum Gasteiger partial charge on any atom is 0.335 e. The fourth-order valence-corrected chi connectivity index (χ4v) is 5.31. The van der Waals surface area contributed by atoms with Gasteiger partial charge in [-0.2, -0.15) is 0 Å². The number of para-hydroxylation sites is 1. The SMILES string of the molecule is NC(=O)C(c1ccc(Oc2ccccc2)cc1)C1(c2c(Cl)cccc2Cl)Nc2ccc(C(=O)O)cc2N1. The minimum Gasteiger partial charge on any atom is -0.478 e. The predicted molar refractivity (Wildman–Crippen MR) is 144 cm³/mol. The normalized spacial score (nSPS) is 16.7. The topological polar surface area (TPSA) is 114 Å². The number of benzene rings is 4. The minimum absolute atomic E-state index is 0.0761. The van der Waals surface area contributed by atoms with E-state index in [-0.39, 0.29) is 5.56 Å². The second-order valence-corrected chi connectivity index (χ2v) is 9.35. The van der Waals surface area contributed by atoms with E-state index < -0.39 is 23.5 Å². The second kappa shape index (κ2) is 9.69. The molecule has 2 atom stereocenters. The fraction of sp³-hybridized carbons (Fsp3) is 0.0714. The van der Waals surface area contributed by atoms with E-state index in [4.69, 9.17) is 33.7 Å². The van der Waals surface area contributed by atoms with Gasteiger partial charge >= 0.3 is 5.97 Å². The quantitative estimate of drug-likeness (QED) is 0.217. The Labute approximate surface area is 222 Å². The van der Waals surface area contributed by atoms with Crippen LogP contribution in [0.4, 0.5) is 11.4 Å². The molecule has 37 heavy (non-hydrogen) atoms. The lowest BCUT2D eigenvalue weighted by Crippen LogP contribution is -2.50. The third-order valence-electron chi connectivity index (χ3n) is 6.20. The number of carbonyl (C=O) groups excluding carboxylic acids is 1. The van der Waals surface area contributed by atoms with E-state index in [1.165, 1.54) is 12.1 Å². The number of fused-ring (bicyclic) bond motifs is 1. The Hall–Kier alpha value is -4.20. The molecule has 1 aliphatic rings. The summed E-state index contributed by atoms with van der Waals surface area (Å²) in [6, 6.07) is 25.9. The number of anilines is 2. The van der Waals surface area contributed by atoms with Gasteiger partial charge in [0.1, 0.15) is 17.4 Å². The lowest BCUT2D eigenvalue weighted by Gasteiger charge is -2.39.